The van der Waals surface area contributed by atoms with Gasteiger partial charge in [-0.3, -0.25) is 0 Å². The fraction of sp³-hybridized carbons (Fsp3) is 0.280. The van der Waals surface area contributed by atoms with Gasteiger partial charge in [-0.05, 0) is 51.1 Å². The summed E-state index contributed by atoms with van der Waals surface area (Å²) in [5.41, 5.74) is -1.51. The molecule has 0 N–H and O–H groups in total. The van der Waals surface area contributed by atoms with Crippen molar-refractivity contribution >= 4 is 16.1 Å². The molecule has 0 fully saturated rings. The van der Waals surface area contributed by atoms with Crippen molar-refractivity contribution in [2.24, 2.45) is 0 Å². The van der Waals surface area contributed by atoms with Crippen molar-refractivity contribution in [1.29, 1.82) is 0 Å². The molecule has 1 aromatic carbocycles. The molecule has 3 heterocycles. The van der Waals surface area contributed by atoms with Crippen LogP contribution in [0.1, 0.15) is 32.2 Å². The number of hydrogen-bond donors (Lipinski definition) is 0. The van der Waals surface area contributed by atoms with Gasteiger partial charge < -0.3 is 14.1 Å². The zero-order valence-corrected chi connectivity index (χ0v) is 22.1. The highest BCUT2D eigenvalue weighted by Crippen LogP contribution is 2.33. The number of nitrogens with zero attached hydrogens (tertiary/aromatic N) is 5. The summed E-state index contributed by atoms with van der Waals surface area (Å²) in [5.74, 6) is -1.78. The number of halogens is 2. The van der Waals surface area contributed by atoms with E-state index in [2.05, 4.69) is 15.2 Å². The molecule has 1 amide bonds. The topological polar surface area (TPSA) is 120 Å². The van der Waals surface area contributed by atoms with Gasteiger partial charge in [0.05, 0.1) is 10.5 Å². The molecule has 0 aliphatic rings. The Morgan fingerprint density at radius 2 is 1.89 bits per heavy atom. The molecule has 4 aromatic rings. The highest BCUT2D eigenvalue weighted by Gasteiger charge is 2.30. The number of carbonyl (C=O) groups excluding carboxylic acids is 1. The molecule has 0 atom stereocenters. The summed E-state index contributed by atoms with van der Waals surface area (Å²) in [6.45, 7) is 6.34. The van der Waals surface area contributed by atoms with Crippen molar-refractivity contribution in [2.75, 3.05) is 7.05 Å². The van der Waals surface area contributed by atoms with Crippen LogP contribution in [0.2, 0.25) is 0 Å². The van der Waals surface area contributed by atoms with Crippen molar-refractivity contribution in [3.63, 3.8) is 0 Å². The molecular weight excluding hydrogens is 520 g/mol. The highest BCUT2D eigenvalue weighted by atomic mass is 32.2. The highest BCUT2D eigenvalue weighted by molar-refractivity contribution is 7.90. The Labute approximate surface area is 217 Å². The van der Waals surface area contributed by atoms with Crippen molar-refractivity contribution in [3.8, 4) is 22.7 Å². The Bertz CT molecular complexity index is 1610. The van der Waals surface area contributed by atoms with Gasteiger partial charge in [0, 0.05) is 43.0 Å². The SMILES string of the molecule is Cc1nnc(-c2cccc(S(=O)(=O)n3cc(COC(=O)N(C)C(C)(C)C)c(F)c3-c3cccnc3F)c2)o1. The van der Waals surface area contributed by atoms with E-state index in [-0.39, 0.29) is 27.8 Å². The lowest BCUT2D eigenvalue weighted by molar-refractivity contribution is 0.0753. The number of ether oxygens (including phenoxy) is 1. The second-order valence-corrected chi connectivity index (χ2v) is 11.2. The molecule has 10 nitrogen and oxygen atoms in total. The fourth-order valence-corrected chi connectivity index (χ4v) is 4.87. The Morgan fingerprint density at radius 3 is 2.53 bits per heavy atom. The van der Waals surface area contributed by atoms with Crippen molar-refractivity contribution < 1.29 is 31.1 Å². The maximum atomic E-state index is 15.7. The first-order chi connectivity index (χ1) is 17.8. The lowest BCUT2D eigenvalue weighted by atomic mass is 10.1. The third kappa shape index (κ3) is 5.14. The summed E-state index contributed by atoms with van der Waals surface area (Å²) < 4.78 is 69.1. The third-order valence-electron chi connectivity index (χ3n) is 5.79. The van der Waals surface area contributed by atoms with Gasteiger partial charge in [0.15, 0.2) is 5.82 Å². The lowest BCUT2D eigenvalue weighted by Gasteiger charge is -2.30. The Kier molecular flexibility index (Phi) is 7.06. The predicted molar refractivity (Wildman–Crippen MR) is 132 cm³/mol. The van der Waals surface area contributed by atoms with E-state index in [1.54, 1.807) is 33.8 Å². The van der Waals surface area contributed by atoms with Crippen molar-refractivity contribution in [2.45, 2.75) is 44.7 Å². The van der Waals surface area contributed by atoms with Crippen LogP contribution in [0.25, 0.3) is 22.7 Å². The number of carbonyl (C=O) groups is 1. The summed E-state index contributed by atoms with van der Waals surface area (Å²) in [5, 5.41) is 7.63. The molecule has 0 unspecified atom stereocenters. The van der Waals surface area contributed by atoms with Crippen LogP contribution < -0.4 is 0 Å². The fourth-order valence-electron chi connectivity index (χ4n) is 3.43. The van der Waals surface area contributed by atoms with Crippen LogP contribution in [0.5, 0.6) is 0 Å². The number of amides is 1. The van der Waals surface area contributed by atoms with Crippen LogP contribution >= 0.6 is 0 Å². The van der Waals surface area contributed by atoms with Gasteiger partial charge in [0.2, 0.25) is 17.7 Å². The summed E-state index contributed by atoms with van der Waals surface area (Å²) in [4.78, 5) is 17.0. The first-order valence-electron chi connectivity index (χ1n) is 11.4. The van der Waals surface area contributed by atoms with Crippen molar-refractivity contribution in [3.05, 3.63) is 72.0 Å². The molecule has 38 heavy (non-hydrogen) atoms. The largest absolute Gasteiger partial charge is 0.444 e. The van der Waals surface area contributed by atoms with E-state index in [0.717, 1.165) is 12.4 Å². The summed E-state index contributed by atoms with van der Waals surface area (Å²) in [6.07, 6.45) is 1.36. The van der Waals surface area contributed by atoms with Crippen LogP contribution in [0, 0.1) is 18.7 Å². The smallest absolute Gasteiger partial charge is 0.410 e. The molecule has 0 saturated carbocycles. The van der Waals surface area contributed by atoms with Gasteiger partial charge in [-0.1, -0.05) is 6.07 Å². The average molecular weight is 546 g/mol. The number of aromatic nitrogens is 4. The molecular formula is C25H25F2N5O5S. The van der Waals surface area contributed by atoms with Crippen LogP contribution in [0.3, 0.4) is 0 Å². The molecule has 4 rings (SSSR count). The van der Waals surface area contributed by atoms with E-state index in [9.17, 15) is 17.6 Å². The van der Waals surface area contributed by atoms with E-state index >= 15 is 4.39 Å². The first-order valence-corrected chi connectivity index (χ1v) is 12.8. The van der Waals surface area contributed by atoms with Crippen molar-refractivity contribution in [1.82, 2.24) is 24.1 Å². The van der Waals surface area contributed by atoms with Crippen LogP contribution in [-0.2, 0) is 21.4 Å². The maximum absolute atomic E-state index is 15.7. The normalized spacial score (nSPS) is 12.0. The summed E-state index contributed by atoms with van der Waals surface area (Å²) >= 11 is 0. The minimum atomic E-state index is -4.50. The van der Waals surface area contributed by atoms with Crippen LogP contribution in [0.15, 0.2) is 58.1 Å². The zero-order chi connectivity index (χ0) is 27.8. The van der Waals surface area contributed by atoms with Gasteiger partial charge in [-0.25, -0.2) is 26.6 Å². The molecule has 0 radical (unpaired) electrons. The monoisotopic (exact) mass is 545 g/mol. The number of aryl methyl sites for hydroxylation is 1. The second-order valence-electron chi connectivity index (χ2n) is 9.40. The Morgan fingerprint density at radius 1 is 1.16 bits per heavy atom. The van der Waals surface area contributed by atoms with Gasteiger partial charge in [0.25, 0.3) is 10.0 Å². The number of benzene rings is 1. The quantitative estimate of drug-likeness (QED) is 0.317. The molecule has 0 bridgehead atoms. The first kappa shape index (κ1) is 26.9. The van der Waals surface area contributed by atoms with Crippen LogP contribution in [-0.4, -0.2) is 51.2 Å². The van der Waals surface area contributed by atoms with E-state index in [0.29, 0.717) is 9.54 Å². The molecule has 0 aliphatic heterocycles. The molecule has 13 heteroatoms. The second kappa shape index (κ2) is 9.97. The van der Waals surface area contributed by atoms with Crippen LogP contribution in [0.4, 0.5) is 13.6 Å². The average Bonchev–Trinajstić information content (AvgIpc) is 3.45. The Balaban J connectivity index is 1.81. The molecule has 200 valence electrons. The van der Waals surface area contributed by atoms with E-state index in [4.69, 9.17) is 9.15 Å². The summed E-state index contributed by atoms with van der Waals surface area (Å²) in [7, 11) is -2.98. The summed E-state index contributed by atoms with van der Waals surface area (Å²) in [6, 6.07) is 8.15. The van der Waals surface area contributed by atoms with Gasteiger partial charge in [0.1, 0.15) is 12.3 Å². The van der Waals surface area contributed by atoms with Gasteiger partial charge >= 0.3 is 6.09 Å². The minimum absolute atomic E-state index is 0.0901. The molecule has 0 spiro atoms. The zero-order valence-electron chi connectivity index (χ0n) is 21.3. The van der Waals surface area contributed by atoms with Gasteiger partial charge in [-0.15, -0.1) is 10.2 Å². The predicted octanol–water partition coefficient (Wildman–Crippen LogP) is 4.79. The minimum Gasteiger partial charge on any atom is -0.444 e. The molecule has 0 aliphatic carbocycles. The van der Waals surface area contributed by atoms with E-state index < -0.39 is 45.7 Å². The lowest BCUT2D eigenvalue weighted by Crippen LogP contribution is -2.42. The number of hydrogen-bond acceptors (Lipinski definition) is 8. The standard InChI is InChI=1S/C25H25F2N5O5S/c1-15-29-30-23(37-15)16-8-6-9-18(12-16)38(34,35)32-13-17(14-36-24(33)31(5)25(2,3)4)20(26)21(32)19-10-7-11-28-22(19)27/h6-13H,14H2,1-5H3. The third-order valence-corrected chi connectivity index (χ3v) is 7.45. The number of rotatable bonds is 6. The Hall–Kier alpha value is -4.13. The number of pyridine rings is 1. The molecule has 3 aromatic heterocycles. The van der Waals surface area contributed by atoms with E-state index in [1.807, 2.05) is 0 Å². The van der Waals surface area contributed by atoms with E-state index in [1.165, 1.54) is 42.3 Å². The molecule has 0 saturated heterocycles. The maximum Gasteiger partial charge on any atom is 0.410 e. The van der Waals surface area contributed by atoms with Gasteiger partial charge in [-0.2, -0.15) is 4.39 Å².